The second-order valence-electron chi connectivity index (χ2n) is 5.52. The maximum atomic E-state index is 3.64. The van der Waals surface area contributed by atoms with Crippen LogP contribution in [0.15, 0.2) is 30.3 Å². The molecule has 1 aliphatic rings. The van der Waals surface area contributed by atoms with E-state index in [4.69, 9.17) is 0 Å². The van der Waals surface area contributed by atoms with Gasteiger partial charge in [-0.05, 0) is 18.4 Å². The highest BCUT2D eigenvalue weighted by Crippen LogP contribution is 2.15. The summed E-state index contributed by atoms with van der Waals surface area (Å²) in [6.07, 6.45) is 0. The largest absolute Gasteiger partial charge is 0.311 e. The predicted octanol–water partition coefficient (Wildman–Crippen LogP) is 2.50. The Morgan fingerprint density at radius 1 is 1.29 bits per heavy atom. The molecule has 2 rings (SSSR count). The molecule has 1 aromatic carbocycles. The van der Waals surface area contributed by atoms with Gasteiger partial charge in [-0.15, -0.1) is 0 Å². The summed E-state index contributed by atoms with van der Waals surface area (Å²) in [5.41, 5.74) is 1.42. The molecule has 1 saturated heterocycles. The summed E-state index contributed by atoms with van der Waals surface area (Å²) in [4.78, 5) is 2.59. The third kappa shape index (κ3) is 3.30. The molecule has 2 atom stereocenters. The highest BCUT2D eigenvalue weighted by Gasteiger charge is 2.26. The number of hydrogen-bond acceptors (Lipinski definition) is 2. The fourth-order valence-electron chi connectivity index (χ4n) is 2.43. The van der Waals surface area contributed by atoms with Crippen molar-refractivity contribution < 1.29 is 0 Å². The Morgan fingerprint density at radius 3 is 2.65 bits per heavy atom. The van der Waals surface area contributed by atoms with Gasteiger partial charge in [0.15, 0.2) is 0 Å². The molecule has 17 heavy (non-hydrogen) atoms. The van der Waals surface area contributed by atoms with Crippen molar-refractivity contribution in [3.05, 3.63) is 35.9 Å². The fraction of sp³-hybridized carbons (Fsp3) is 0.600. The summed E-state index contributed by atoms with van der Waals surface area (Å²) >= 11 is 0. The Morgan fingerprint density at radius 2 is 2.00 bits per heavy atom. The average Bonchev–Trinajstić information content (AvgIpc) is 2.33. The molecule has 1 heterocycles. The first-order chi connectivity index (χ1) is 8.16. The van der Waals surface area contributed by atoms with Gasteiger partial charge in [-0.3, -0.25) is 4.90 Å². The molecular formula is C15H24N2. The third-order valence-electron chi connectivity index (χ3n) is 3.76. The van der Waals surface area contributed by atoms with Crippen molar-refractivity contribution in [3.63, 3.8) is 0 Å². The van der Waals surface area contributed by atoms with E-state index in [1.807, 2.05) is 0 Å². The van der Waals surface area contributed by atoms with Gasteiger partial charge in [-0.2, -0.15) is 0 Å². The minimum absolute atomic E-state index is 0.630. The number of benzene rings is 1. The van der Waals surface area contributed by atoms with Crippen molar-refractivity contribution in [3.8, 4) is 0 Å². The monoisotopic (exact) mass is 232 g/mol. The number of nitrogens with zero attached hydrogens (tertiary/aromatic N) is 1. The zero-order valence-corrected chi connectivity index (χ0v) is 11.2. The van der Waals surface area contributed by atoms with Crippen molar-refractivity contribution >= 4 is 0 Å². The lowest BCUT2D eigenvalue weighted by Crippen LogP contribution is -2.56. The first kappa shape index (κ1) is 12.6. The summed E-state index contributed by atoms with van der Waals surface area (Å²) in [7, 11) is 0. The molecule has 0 aromatic heterocycles. The van der Waals surface area contributed by atoms with E-state index in [0.717, 1.165) is 19.6 Å². The van der Waals surface area contributed by atoms with Crippen LogP contribution in [0.4, 0.5) is 0 Å². The van der Waals surface area contributed by atoms with Gasteiger partial charge in [0.2, 0.25) is 0 Å². The zero-order valence-electron chi connectivity index (χ0n) is 11.2. The van der Waals surface area contributed by atoms with Gasteiger partial charge in [0, 0.05) is 31.7 Å². The van der Waals surface area contributed by atoms with Gasteiger partial charge in [-0.1, -0.05) is 44.2 Å². The molecule has 0 aliphatic carbocycles. The molecule has 1 aromatic rings. The van der Waals surface area contributed by atoms with Crippen LogP contribution in [0.5, 0.6) is 0 Å². The molecule has 2 heteroatoms. The lowest BCUT2D eigenvalue weighted by molar-refractivity contribution is 0.116. The number of piperazine rings is 1. The molecule has 0 bridgehead atoms. The van der Waals surface area contributed by atoms with E-state index in [-0.39, 0.29) is 0 Å². The minimum atomic E-state index is 0.630. The second kappa shape index (κ2) is 5.65. The van der Waals surface area contributed by atoms with Crippen molar-refractivity contribution in [1.29, 1.82) is 0 Å². The van der Waals surface area contributed by atoms with Crippen LogP contribution in [-0.2, 0) is 6.54 Å². The Kier molecular flexibility index (Phi) is 4.19. The zero-order chi connectivity index (χ0) is 12.3. The van der Waals surface area contributed by atoms with Crippen LogP contribution < -0.4 is 5.32 Å². The quantitative estimate of drug-likeness (QED) is 0.861. The van der Waals surface area contributed by atoms with Crippen LogP contribution in [-0.4, -0.2) is 30.1 Å². The summed E-state index contributed by atoms with van der Waals surface area (Å²) < 4.78 is 0. The topological polar surface area (TPSA) is 15.3 Å². The molecule has 94 valence electrons. The third-order valence-corrected chi connectivity index (χ3v) is 3.76. The second-order valence-corrected chi connectivity index (χ2v) is 5.52. The maximum absolute atomic E-state index is 3.64. The number of nitrogens with one attached hydrogen (secondary N) is 1. The smallest absolute Gasteiger partial charge is 0.0237 e. The standard InChI is InChI=1S/C15H24N2/c1-12(2)15-11-17(13(3)9-16-15)10-14-7-5-4-6-8-14/h4-8,12-13,15-16H,9-11H2,1-3H3. The number of hydrogen-bond donors (Lipinski definition) is 1. The van der Waals surface area contributed by atoms with Crippen LogP contribution in [0.3, 0.4) is 0 Å². The highest BCUT2D eigenvalue weighted by atomic mass is 15.2. The molecule has 0 spiro atoms. The molecule has 2 unspecified atom stereocenters. The van der Waals surface area contributed by atoms with Gasteiger partial charge < -0.3 is 5.32 Å². The highest BCUT2D eigenvalue weighted by molar-refractivity contribution is 5.14. The first-order valence-corrected chi connectivity index (χ1v) is 6.68. The molecule has 1 N–H and O–H groups in total. The molecule has 1 fully saturated rings. The van der Waals surface area contributed by atoms with E-state index in [0.29, 0.717) is 18.0 Å². The Balaban J connectivity index is 1.99. The maximum Gasteiger partial charge on any atom is 0.0237 e. The van der Waals surface area contributed by atoms with Gasteiger partial charge in [0.1, 0.15) is 0 Å². The summed E-state index contributed by atoms with van der Waals surface area (Å²) in [5, 5.41) is 3.64. The fourth-order valence-corrected chi connectivity index (χ4v) is 2.43. The minimum Gasteiger partial charge on any atom is -0.311 e. The van der Waals surface area contributed by atoms with Crippen LogP contribution in [0.2, 0.25) is 0 Å². The Hall–Kier alpha value is -0.860. The summed E-state index contributed by atoms with van der Waals surface area (Å²) in [6.45, 7) is 10.3. The summed E-state index contributed by atoms with van der Waals surface area (Å²) in [6, 6.07) is 12.0. The van der Waals surface area contributed by atoms with Crippen LogP contribution >= 0.6 is 0 Å². The lowest BCUT2D eigenvalue weighted by Gasteiger charge is -2.40. The normalized spacial score (nSPS) is 26.4. The number of rotatable bonds is 3. The predicted molar refractivity (Wildman–Crippen MR) is 72.9 cm³/mol. The lowest BCUT2D eigenvalue weighted by atomic mass is 9.99. The van der Waals surface area contributed by atoms with Gasteiger partial charge in [-0.25, -0.2) is 0 Å². The molecule has 0 amide bonds. The van der Waals surface area contributed by atoms with Gasteiger partial charge in [0.25, 0.3) is 0 Å². The van der Waals surface area contributed by atoms with Crippen molar-refractivity contribution in [1.82, 2.24) is 10.2 Å². The van der Waals surface area contributed by atoms with E-state index in [2.05, 4.69) is 61.3 Å². The Labute approximate surface area is 105 Å². The van der Waals surface area contributed by atoms with Crippen LogP contribution in [0, 0.1) is 5.92 Å². The molecule has 0 radical (unpaired) electrons. The van der Waals surface area contributed by atoms with E-state index in [1.165, 1.54) is 5.56 Å². The molecule has 2 nitrogen and oxygen atoms in total. The van der Waals surface area contributed by atoms with E-state index in [1.54, 1.807) is 0 Å². The SMILES string of the molecule is CC(C)C1CN(Cc2ccccc2)C(C)CN1. The molecule has 1 aliphatic heterocycles. The Bertz CT molecular complexity index is 334. The van der Waals surface area contributed by atoms with E-state index < -0.39 is 0 Å². The average molecular weight is 232 g/mol. The molecular weight excluding hydrogens is 208 g/mol. The van der Waals surface area contributed by atoms with Crippen molar-refractivity contribution in [2.75, 3.05) is 13.1 Å². The van der Waals surface area contributed by atoms with Gasteiger partial charge in [0.05, 0.1) is 0 Å². The van der Waals surface area contributed by atoms with Gasteiger partial charge >= 0.3 is 0 Å². The van der Waals surface area contributed by atoms with Crippen molar-refractivity contribution in [2.24, 2.45) is 5.92 Å². The first-order valence-electron chi connectivity index (χ1n) is 6.68. The van der Waals surface area contributed by atoms with Crippen LogP contribution in [0.25, 0.3) is 0 Å². The van der Waals surface area contributed by atoms with Crippen molar-refractivity contribution in [2.45, 2.75) is 39.4 Å². The van der Waals surface area contributed by atoms with E-state index >= 15 is 0 Å². The molecule has 0 saturated carbocycles. The van der Waals surface area contributed by atoms with E-state index in [9.17, 15) is 0 Å². The van der Waals surface area contributed by atoms with Crippen LogP contribution in [0.1, 0.15) is 26.3 Å². The summed E-state index contributed by atoms with van der Waals surface area (Å²) in [5.74, 6) is 0.709.